The molecule has 0 spiro atoms. The molecule has 21 heavy (non-hydrogen) atoms. The summed E-state index contributed by atoms with van der Waals surface area (Å²) >= 11 is 3.29. The molecule has 1 atom stereocenters. The molecule has 7 heteroatoms. The molecule has 1 unspecified atom stereocenters. The molecular formula is C14H16BrN3O2S. The predicted molar refractivity (Wildman–Crippen MR) is 86.5 cm³/mol. The number of nitrogens with two attached hydrogens (primary N) is 1. The topological polar surface area (TPSA) is 85.1 Å². The fourth-order valence-corrected chi connectivity index (χ4v) is 3.31. The van der Waals surface area contributed by atoms with Crippen LogP contribution in [0.4, 0.5) is 5.82 Å². The molecule has 1 aromatic heterocycles. The number of halogens is 1. The van der Waals surface area contributed by atoms with Crippen molar-refractivity contribution < 1.29 is 8.42 Å². The summed E-state index contributed by atoms with van der Waals surface area (Å²) in [5.41, 5.74) is 7.37. The van der Waals surface area contributed by atoms with Crippen molar-refractivity contribution in [3.8, 4) is 0 Å². The molecule has 0 saturated heterocycles. The van der Waals surface area contributed by atoms with Gasteiger partial charge in [0.25, 0.3) is 10.0 Å². The second kappa shape index (κ2) is 6.13. The summed E-state index contributed by atoms with van der Waals surface area (Å²) in [5, 5.41) is 0. The Bertz CT molecular complexity index is 743. The zero-order valence-corrected chi connectivity index (χ0v) is 14.1. The first kappa shape index (κ1) is 15.9. The summed E-state index contributed by atoms with van der Waals surface area (Å²) < 4.78 is 27.9. The number of aryl methyl sites for hydroxylation is 1. The second-order valence-corrected chi connectivity index (χ2v) is 7.38. The Morgan fingerprint density at radius 3 is 2.43 bits per heavy atom. The number of anilines is 1. The molecule has 0 aliphatic heterocycles. The van der Waals surface area contributed by atoms with Crippen LogP contribution in [0.3, 0.4) is 0 Å². The van der Waals surface area contributed by atoms with E-state index in [2.05, 4.69) is 25.6 Å². The standard InChI is InChI=1S/C14H16BrN3O2S/c1-9-7-12(15)8-17-14(9)18-21(19,20)13-5-3-11(4-6-13)10(2)16/h3-8,10H,16H2,1-2H3,(H,17,18). The van der Waals surface area contributed by atoms with E-state index >= 15 is 0 Å². The Kier molecular flexibility index (Phi) is 4.65. The van der Waals surface area contributed by atoms with Crippen LogP contribution in [0, 0.1) is 6.92 Å². The molecule has 0 fully saturated rings. The summed E-state index contributed by atoms with van der Waals surface area (Å²) in [4.78, 5) is 4.25. The first-order valence-corrected chi connectivity index (χ1v) is 8.58. The van der Waals surface area contributed by atoms with Crippen LogP contribution in [0.15, 0.2) is 45.9 Å². The van der Waals surface area contributed by atoms with Crippen molar-refractivity contribution in [2.45, 2.75) is 24.8 Å². The molecule has 1 heterocycles. The Morgan fingerprint density at radius 2 is 1.90 bits per heavy atom. The Balaban J connectivity index is 2.29. The highest BCUT2D eigenvalue weighted by atomic mass is 79.9. The summed E-state index contributed by atoms with van der Waals surface area (Å²) in [6, 6.07) is 8.15. The summed E-state index contributed by atoms with van der Waals surface area (Å²) in [5.74, 6) is 0.314. The number of rotatable bonds is 4. The Hall–Kier alpha value is -1.44. The van der Waals surface area contributed by atoms with Crippen LogP contribution in [-0.4, -0.2) is 13.4 Å². The van der Waals surface area contributed by atoms with Crippen molar-refractivity contribution in [1.82, 2.24) is 4.98 Å². The quantitative estimate of drug-likeness (QED) is 0.867. The maximum absolute atomic E-state index is 12.3. The lowest BCUT2D eigenvalue weighted by Crippen LogP contribution is -2.15. The third-order valence-electron chi connectivity index (χ3n) is 2.99. The van der Waals surface area contributed by atoms with E-state index in [0.29, 0.717) is 5.82 Å². The van der Waals surface area contributed by atoms with Crippen LogP contribution < -0.4 is 10.5 Å². The number of aromatic nitrogens is 1. The third kappa shape index (κ3) is 3.81. The number of nitrogens with zero attached hydrogens (tertiary/aromatic N) is 1. The fourth-order valence-electron chi connectivity index (χ4n) is 1.78. The molecule has 0 aliphatic rings. The summed E-state index contributed by atoms with van der Waals surface area (Å²) in [6.45, 7) is 3.63. The average molecular weight is 370 g/mol. The molecule has 112 valence electrons. The smallest absolute Gasteiger partial charge is 0.263 e. The minimum atomic E-state index is -3.66. The van der Waals surface area contributed by atoms with E-state index in [0.717, 1.165) is 15.6 Å². The molecule has 0 saturated carbocycles. The first-order valence-electron chi connectivity index (χ1n) is 6.30. The van der Waals surface area contributed by atoms with Crippen LogP contribution in [0.1, 0.15) is 24.1 Å². The zero-order chi connectivity index (χ0) is 15.6. The van der Waals surface area contributed by atoms with Gasteiger partial charge in [-0.05, 0) is 59.1 Å². The predicted octanol–water partition coefficient (Wildman–Crippen LogP) is 2.97. The van der Waals surface area contributed by atoms with Crippen LogP contribution in [0.2, 0.25) is 0 Å². The monoisotopic (exact) mass is 369 g/mol. The molecule has 2 aromatic rings. The molecule has 2 rings (SSSR count). The Labute approximate surface area is 132 Å². The highest BCUT2D eigenvalue weighted by Gasteiger charge is 2.16. The lowest BCUT2D eigenvalue weighted by atomic mass is 10.1. The molecule has 3 N–H and O–H groups in total. The van der Waals surface area contributed by atoms with Gasteiger partial charge < -0.3 is 5.73 Å². The molecule has 0 aliphatic carbocycles. The van der Waals surface area contributed by atoms with Crippen molar-refractivity contribution in [1.29, 1.82) is 0 Å². The number of benzene rings is 1. The van der Waals surface area contributed by atoms with Crippen LogP contribution in [-0.2, 0) is 10.0 Å². The van der Waals surface area contributed by atoms with E-state index in [-0.39, 0.29) is 10.9 Å². The van der Waals surface area contributed by atoms with E-state index in [4.69, 9.17) is 5.73 Å². The molecular weight excluding hydrogens is 354 g/mol. The third-order valence-corrected chi connectivity index (χ3v) is 4.78. The largest absolute Gasteiger partial charge is 0.324 e. The van der Waals surface area contributed by atoms with Gasteiger partial charge in [0.15, 0.2) is 0 Å². The molecule has 0 radical (unpaired) electrons. The second-order valence-electron chi connectivity index (χ2n) is 4.78. The first-order chi connectivity index (χ1) is 9.79. The normalized spacial score (nSPS) is 13.0. The number of pyridine rings is 1. The van der Waals surface area contributed by atoms with Gasteiger partial charge in [-0.25, -0.2) is 13.4 Å². The SMILES string of the molecule is Cc1cc(Br)cnc1NS(=O)(=O)c1ccc(C(C)N)cc1. The minimum Gasteiger partial charge on any atom is -0.324 e. The highest BCUT2D eigenvalue weighted by Crippen LogP contribution is 2.21. The zero-order valence-electron chi connectivity index (χ0n) is 11.7. The van der Waals surface area contributed by atoms with Crippen molar-refractivity contribution >= 4 is 31.8 Å². The molecule has 0 bridgehead atoms. The summed E-state index contributed by atoms with van der Waals surface area (Å²) in [6.07, 6.45) is 1.55. The molecule has 1 aromatic carbocycles. The van der Waals surface area contributed by atoms with Gasteiger partial charge in [-0.1, -0.05) is 12.1 Å². The Morgan fingerprint density at radius 1 is 1.29 bits per heavy atom. The van der Waals surface area contributed by atoms with Gasteiger partial charge in [-0.2, -0.15) is 0 Å². The van der Waals surface area contributed by atoms with Gasteiger partial charge in [-0.3, -0.25) is 4.72 Å². The van der Waals surface area contributed by atoms with Crippen LogP contribution in [0.25, 0.3) is 0 Å². The van der Waals surface area contributed by atoms with Crippen molar-refractivity contribution in [3.05, 3.63) is 52.1 Å². The number of hydrogen-bond donors (Lipinski definition) is 2. The van der Waals surface area contributed by atoms with Gasteiger partial charge in [0.1, 0.15) is 5.82 Å². The van der Waals surface area contributed by atoms with Crippen molar-refractivity contribution in [2.24, 2.45) is 5.73 Å². The van der Waals surface area contributed by atoms with E-state index in [1.807, 2.05) is 6.92 Å². The van der Waals surface area contributed by atoms with E-state index in [1.54, 1.807) is 31.3 Å². The van der Waals surface area contributed by atoms with Crippen LogP contribution >= 0.6 is 15.9 Å². The van der Waals surface area contributed by atoms with Gasteiger partial charge in [0.05, 0.1) is 4.90 Å². The average Bonchev–Trinajstić information content (AvgIpc) is 2.42. The number of hydrogen-bond acceptors (Lipinski definition) is 4. The van der Waals surface area contributed by atoms with E-state index in [1.165, 1.54) is 12.1 Å². The number of nitrogens with one attached hydrogen (secondary N) is 1. The molecule has 5 nitrogen and oxygen atoms in total. The lowest BCUT2D eigenvalue weighted by Gasteiger charge is -2.11. The highest BCUT2D eigenvalue weighted by molar-refractivity contribution is 9.10. The lowest BCUT2D eigenvalue weighted by molar-refractivity contribution is 0.601. The van der Waals surface area contributed by atoms with E-state index < -0.39 is 10.0 Å². The summed E-state index contributed by atoms with van der Waals surface area (Å²) in [7, 11) is -3.66. The van der Waals surface area contributed by atoms with Crippen LogP contribution in [0.5, 0.6) is 0 Å². The van der Waals surface area contributed by atoms with Crippen molar-refractivity contribution in [2.75, 3.05) is 4.72 Å². The molecule has 0 amide bonds. The fraction of sp³-hybridized carbons (Fsp3) is 0.214. The minimum absolute atomic E-state index is 0.134. The van der Waals surface area contributed by atoms with Crippen molar-refractivity contribution in [3.63, 3.8) is 0 Å². The van der Waals surface area contributed by atoms with E-state index in [9.17, 15) is 8.42 Å². The maximum Gasteiger partial charge on any atom is 0.263 e. The maximum atomic E-state index is 12.3. The van der Waals surface area contributed by atoms with Gasteiger partial charge in [-0.15, -0.1) is 0 Å². The van der Waals surface area contributed by atoms with Gasteiger partial charge in [0, 0.05) is 16.7 Å². The van der Waals surface area contributed by atoms with Gasteiger partial charge >= 0.3 is 0 Å². The number of sulfonamides is 1. The van der Waals surface area contributed by atoms with Gasteiger partial charge in [0.2, 0.25) is 0 Å².